The first-order valence-electron chi connectivity index (χ1n) is 4.83. The number of tetrazole rings is 1. The minimum atomic E-state index is 0.251. The van der Waals surface area contributed by atoms with Crippen molar-refractivity contribution in [3.63, 3.8) is 0 Å². The van der Waals surface area contributed by atoms with Gasteiger partial charge in [-0.3, -0.25) is 0 Å². The van der Waals surface area contributed by atoms with E-state index in [0.29, 0.717) is 5.02 Å². The Balaban J connectivity index is 2.58. The number of halogens is 2. The third kappa shape index (κ3) is 2.10. The monoisotopic (exact) mass is 300 g/mol. The van der Waals surface area contributed by atoms with Gasteiger partial charge in [-0.1, -0.05) is 25.4 Å². The van der Waals surface area contributed by atoms with E-state index in [4.69, 9.17) is 11.6 Å². The Labute approximate surface area is 107 Å². The Morgan fingerprint density at radius 1 is 1.38 bits per heavy atom. The van der Waals surface area contributed by atoms with Gasteiger partial charge in [-0.2, -0.15) is 4.68 Å². The molecule has 6 heteroatoms. The van der Waals surface area contributed by atoms with Gasteiger partial charge >= 0.3 is 0 Å². The van der Waals surface area contributed by atoms with Gasteiger partial charge in [-0.25, -0.2) is 0 Å². The first-order chi connectivity index (χ1) is 7.59. The largest absolute Gasteiger partial charge is 0.196 e. The lowest BCUT2D eigenvalue weighted by atomic mass is 10.2. The van der Waals surface area contributed by atoms with Crippen molar-refractivity contribution >= 4 is 27.5 Å². The lowest BCUT2D eigenvalue weighted by Crippen LogP contribution is -2.05. The minimum absolute atomic E-state index is 0.251. The van der Waals surface area contributed by atoms with Crippen LogP contribution < -0.4 is 0 Å². The van der Waals surface area contributed by atoms with Gasteiger partial charge in [-0.15, -0.1) is 5.10 Å². The topological polar surface area (TPSA) is 43.6 Å². The molecule has 1 aromatic heterocycles. The summed E-state index contributed by atoms with van der Waals surface area (Å²) in [5.41, 5.74) is 0.848. The Kier molecular flexibility index (Phi) is 3.25. The van der Waals surface area contributed by atoms with Gasteiger partial charge in [0, 0.05) is 15.4 Å². The zero-order valence-corrected chi connectivity index (χ0v) is 11.2. The highest BCUT2D eigenvalue weighted by Crippen LogP contribution is 2.26. The van der Waals surface area contributed by atoms with E-state index >= 15 is 0 Å². The number of hydrogen-bond donors (Lipinski definition) is 0. The summed E-state index contributed by atoms with van der Waals surface area (Å²) in [6.07, 6.45) is 0. The minimum Gasteiger partial charge on any atom is -0.196 e. The van der Waals surface area contributed by atoms with Gasteiger partial charge in [0.25, 0.3) is 0 Å². The van der Waals surface area contributed by atoms with Crippen LogP contribution in [0.4, 0.5) is 0 Å². The lowest BCUT2D eigenvalue weighted by Gasteiger charge is -2.08. The van der Waals surface area contributed by atoms with Crippen LogP contribution >= 0.6 is 27.5 Å². The molecule has 0 spiro atoms. The molecule has 4 nitrogen and oxygen atoms in total. The zero-order valence-electron chi connectivity index (χ0n) is 8.85. The zero-order chi connectivity index (χ0) is 11.7. The molecular formula is C10H10BrClN4. The van der Waals surface area contributed by atoms with Crippen LogP contribution in [0.25, 0.3) is 5.69 Å². The fourth-order valence-corrected chi connectivity index (χ4v) is 1.95. The smallest absolute Gasteiger partial charge is 0.159 e. The molecule has 16 heavy (non-hydrogen) atoms. The van der Waals surface area contributed by atoms with Crippen LogP contribution in [0.15, 0.2) is 22.7 Å². The van der Waals surface area contributed by atoms with Crippen molar-refractivity contribution in [1.29, 1.82) is 0 Å². The second kappa shape index (κ2) is 4.51. The number of nitrogens with zero attached hydrogens (tertiary/aromatic N) is 4. The molecule has 0 aliphatic carbocycles. The molecule has 0 bridgehead atoms. The Hall–Kier alpha value is -0.940. The third-order valence-electron chi connectivity index (χ3n) is 2.15. The van der Waals surface area contributed by atoms with E-state index in [-0.39, 0.29) is 5.92 Å². The molecule has 84 valence electrons. The highest BCUT2D eigenvalue weighted by molar-refractivity contribution is 9.10. The van der Waals surface area contributed by atoms with E-state index in [1.165, 1.54) is 0 Å². The van der Waals surface area contributed by atoms with E-state index in [9.17, 15) is 0 Å². The van der Waals surface area contributed by atoms with Gasteiger partial charge in [-0.05, 0) is 44.6 Å². The normalized spacial score (nSPS) is 11.1. The molecule has 0 aliphatic heterocycles. The average Bonchev–Trinajstić information content (AvgIpc) is 2.70. The van der Waals surface area contributed by atoms with Gasteiger partial charge in [0.1, 0.15) is 0 Å². The molecule has 0 saturated heterocycles. The lowest BCUT2D eigenvalue weighted by molar-refractivity contribution is 0.708. The van der Waals surface area contributed by atoms with Crippen LogP contribution in [0.5, 0.6) is 0 Å². The Morgan fingerprint density at radius 2 is 2.12 bits per heavy atom. The number of benzene rings is 1. The predicted molar refractivity (Wildman–Crippen MR) is 66.0 cm³/mol. The van der Waals surface area contributed by atoms with Crippen LogP contribution in [-0.4, -0.2) is 20.2 Å². The summed E-state index contributed by atoms with van der Waals surface area (Å²) in [5.74, 6) is 1.06. The van der Waals surface area contributed by atoms with Gasteiger partial charge < -0.3 is 0 Å². The SMILES string of the molecule is CC(C)c1nnnn1-c1cc(Cl)ccc1Br. The molecule has 1 heterocycles. The summed E-state index contributed by atoms with van der Waals surface area (Å²) in [7, 11) is 0. The van der Waals surface area contributed by atoms with E-state index in [0.717, 1.165) is 16.0 Å². The fourth-order valence-electron chi connectivity index (χ4n) is 1.37. The maximum atomic E-state index is 5.96. The predicted octanol–water partition coefficient (Wildman–Crippen LogP) is 3.20. The number of aromatic nitrogens is 4. The first-order valence-corrected chi connectivity index (χ1v) is 6.00. The molecule has 2 rings (SSSR count). The van der Waals surface area contributed by atoms with E-state index in [1.807, 2.05) is 32.0 Å². The van der Waals surface area contributed by atoms with Crippen LogP contribution in [0.2, 0.25) is 5.02 Å². The van der Waals surface area contributed by atoms with E-state index in [2.05, 4.69) is 31.5 Å². The van der Waals surface area contributed by atoms with Crippen molar-refractivity contribution in [2.24, 2.45) is 0 Å². The van der Waals surface area contributed by atoms with Crippen molar-refractivity contribution in [2.75, 3.05) is 0 Å². The highest BCUT2D eigenvalue weighted by atomic mass is 79.9. The third-order valence-corrected chi connectivity index (χ3v) is 3.05. The Morgan fingerprint density at radius 3 is 2.81 bits per heavy atom. The molecule has 0 aliphatic rings. The Bertz CT molecular complexity index is 509. The average molecular weight is 302 g/mol. The maximum Gasteiger partial charge on any atom is 0.159 e. The molecule has 0 atom stereocenters. The molecule has 0 fully saturated rings. The van der Waals surface area contributed by atoms with Crippen LogP contribution in [0, 0.1) is 0 Å². The molecular weight excluding hydrogens is 291 g/mol. The van der Waals surface area contributed by atoms with Crippen molar-refractivity contribution in [3.05, 3.63) is 33.5 Å². The van der Waals surface area contributed by atoms with Crippen molar-refractivity contribution in [1.82, 2.24) is 20.2 Å². The van der Waals surface area contributed by atoms with Crippen molar-refractivity contribution < 1.29 is 0 Å². The summed E-state index contributed by atoms with van der Waals surface area (Å²) in [6, 6.07) is 5.52. The van der Waals surface area contributed by atoms with Crippen LogP contribution in [-0.2, 0) is 0 Å². The summed E-state index contributed by atoms with van der Waals surface area (Å²) in [6.45, 7) is 4.08. The highest BCUT2D eigenvalue weighted by Gasteiger charge is 2.14. The van der Waals surface area contributed by atoms with E-state index < -0.39 is 0 Å². The summed E-state index contributed by atoms with van der Waals surface area (Å²) >= 11 is 9.42. The van der Waals surface area contributed by atoms with Crippen LogP contribution in [0.1, 0.15) is 25.6 Å². The number of rotatable bonds is 2. The summed E-state index contributed by atoms with van der Waals surface area (Å²) < 4.78 is 2.60. The molecule has 1 aromatic carbocycles. The van der Waals surface area contributed by atoms with Gasteiger partial charge in [0.05, 0.1) is 5.69 Å². The van der Waals surface area contributed by atoms with E-state index in [1.54, 1.807) is 4.68 Å². The molecule has 0 unspecified atom stereocenters. The standard InChI is InChI=1S/C10H10BrClN4/c1-6(2)10-13-14-15-16(10)9-5-7(12)3-4-8(9)11/h3-6H,1-2H3. The van der Waals surface area contributed by atoms with Crippen molar-refractivity contribution in [2.45, 2.75) is 19.8 Å². The molecule has 0 saturated carbocycles. The van der Waals surface area contributed by atoms with Gasteiger partial charge in [0.15, 0.2) is 5.82 Å². The van der Waals surface area contributed by atoms with Crippen molar-refractivity contribution in [3.8, 4) is 5.69 Å². The second-order valence-corrected chi connectivity index (χ2v) is 4.99. The quantitative estimate of drug-likeness (QED) is 0.855. The van der Waals surface area contributed by atoms with Gasteiger partial charge in [0.2, 0.25) is 0 Å². The number of hydrogen-bond acceptors (Lipinski definition) is 3. The second-order valence-electron chi connectivity index (χ2n) is 3.70. The molecule has 0 N–H and O–H groups in total. The fraction of sp³-hybridized carbons (Fsp3) is 0.300. The molecule has 2 aromatic rings. The molecule has 0 amide bonds. The first kappa shape index (κ1) is 11.5. The molecule has 0 radical (unpaired) electrons. The summed E-state index contributed by atoms with van der Waals surface area (Å²) in [5, 5.41) is 12.3. The maximum absolute atomic E-state index is 5.96. The van der Waals surface area contributed by atoms with Crippen LogP contribution in [0.3, 0.4) is 0 Å². The summed E-state index contributed by atoms with van der Waals surface area (Å²) in [4.78, 5) is 0.